The van der Waals surface area contributed by atoms with Gasteiger partial charge < -0.3 is 15.4 Å². The number of carbonyl (C=O) groups excluding carboxylic acids is 1. The predicted octanol–water partition coefficient (Wildman–Crippen LogP) is 1.89. The zero-order valence-corrected chi connectivity index (χ0v) is 11.2. The first-order valence-corrected chi connectivity index (χ1v) is 6.29. The Labute approximate surface area is 109 Å². The van der Waals surface area contributed by atoms with E-state index in [9.17, 15) is 4.79 Å². The number of rotatable bonds is 2. The number of methoxy groups -OCH3 is 1. The van der Waals surface area contributed by atoms with Crippen molar-refractivity contribution in [3.63, 3.8) is 0 Å². The molecule has 0 radical (unpaired) electrons. The Hall–Kier alpha value is -1.07. The second kappa shape index (κ2) is 5.06. The van der Waals surface area contributed by atoms with Crippen LogP contribution in [0.4, 0.5) is 5.69 Å². The third kappa shape index (κ3) is 2.45. The number of nitrogen functional groups attached to an aromatic ring is 1. The largest absolute Gasteiger partial charge is 0.398 e. The van der Waals surface area contributed by atoms with E-state index in [0.29, 0.717) is 22.3 Å². The van der Waals surface area contributed by atoms with Crippen LogP contribution >= 0.6 is 15.9 Å². The topological polar surface area (TPSA) is 55.6 Å². The van der Waals surface area contributed by atoms with Crippen molar-refractivity contribution in [3.8, 4) is 0 Å². The highest BCUT2D eigenvalue weighted by atomic mass is 79.9. The van der Waals surface area contributed by atoms with Gasteiger partial charge >= 0.3 is 0 Å². The molecule has 2 rings (SSSR count). The minimum Gasteiger partial charge on any atom is -0.398 e. The number of carbonyl (C=O) groups is 1. The van der Waals surface area contributed by atoms with Crippen molar-refractivity contribution in [2.75, 3.05) is 25.9 Å². The average molecular weight is 299 g/mol. The molecule has 5 heteroatoms. The van der Waals surface area contributed by atoms with Gasteiger partial charge in [-0.2, -0.15) is 0 Å². The number of nitrogens with zero attached hydrogens (tertiary/aromatic N) is 1. The summed E-state index contributed by atoms with van der Waals surface area (Å²) in [5, 5.41) is 0. The van der Waals surface area contributed by atoms with E-state index < -0.39 is 0 Å². The van der Waals surface area contributed by atoms with Gasteiger partial charge in [0.15, 0.2) is 0 Å². The third-order valence-electron chi connectivity index (χ3n) is 3.02. The van der Waals surface area contributed by atoms with Crippen molar-refractivity contribution in [2.24, 2.45) is 0 Å². The Morgan fingerprint density at radius 3 is 3.00 bits per heavy atom. The summed E-state index contributed by atoms with van der Waals surface area (Å²) >= 11 is 3.36. The van der Waals surface area contributed by atoms with Crippen LogP contribution in [-0.2, 0) is 4.74 Å². The predicted molar refractivity (Wildman–Crippen MR) is 69.9 cm³/mol. The van der Waals surface area contributed by atoms with Gasteiger partial charge in [-0.25, -0.2) is 0 Å². The van der Waals surface area contributed by atoms with E-state index in [1.165, 1.54) is 0 Å². The highest BCUT2D eigenvalue weighted by Gasteiger charge is 2.27. The molecule has 1 fully saturated rings. The highest BCUT2D eigenvalue weighted by Crippen LogP contribution is 2.26. The summed E-state index contributed by atoms with van der Waals surface area (Å²) in [4.78, 5) is 14.1. The summed E-state index contributed by atoms with van der Waals surface area (Å²) in [6.45, 7) is 1.38. The standard InChI is InChI=1S/C12H15BrN2O2/c1-17-8-5-6-15(7-8)12(16)9-3-2-4-10(14)11(9)13/h2-4,8H,5-7,14H2,1H3. The maximum absolute atomic E-state index is 12.3. The third-order valence-corrected chi connectivity index (χ3v) is 3.91. The minimum atomic E-state index is 0.00345. The molecule has 1 atom stereocenters. The van der Waals surface area contributed by atoms with Crippen molar-refractivity contribution in [1.82, 2.24) is 4.90 Å². The molecule has 1 heterocycles. The molecule has 17 heavy (non-hydrogen) atoms. The number of benzene rings is 1. The molecule has 2 N–H and O–H groups in total. The molecule has 1 aliphatic heterocycles. The molecule has 0 aliphatic carbocycles. The van der Waals surface area contributed by atoms with Crippen LogP contribution in [0.2, 0.25) is 0 Å². The number of amides is 1. The highest BCUT2D eigenvalue weighted by molar-refractivity contribution is 9.10. The fourth-order valence-corrected chi connectivity index (χ4v) is 2.42. The van der Waals surface area contributed by atoms with Gasteiger partial charge in [0.05, 0.1) is 16.1 Å². The zero-order valence-electron chi connectivity index (χ0n) is 9.65. The molecular weight excluding hydrogens is 284 g/mol. The Kier molecular flexibility index (Phi) is 3.69. The number of hydrogen-bond donors (Lipinski definition) is 1. The van der Waals surface area contributed by atoms with Crippen LogP contribution < -0.4 is 5.73 Å². The SMILES string of the molecule is COC1CCN(C(=O)c2cccc(N)c2Br)C1. The van der Waals surface area contributed by atoms with Crippen LogP contribution in [0.25, 0.3) is 0 Å². The molecule has 92 valence electrons. The molecule has 4 nitrogen and oxygen atoms in total. The molecule has 0 aromatic heterocycles. The fraction of sp³-hybridized carbons (Fsp3) is 0.417. The van der Waals surface area contributed by atoms with E-state index in [2.05, 4.69) is 15.9 Å². The van der Waals surface area contributed by atoms with Gasteiger partial charge in [-0.05, 0) is 34.5 Å². The molecular formula is C12H15BrN2O2. The first kappa shape index (κ1) is 12.4. The molecule has 0 saturated carbocycles. The smallest absolute Gasteiger partial charge is 0.255 e. The van der Waals surface area contributed by atoms with Crippen molar-refractivity contribution >= 4 is 27.5 Å². The number of hydrogen-bond acceptors (Lipinski definition) is 3. The van der Waals surface area contributed by atoms with Crippen LogP contribution in [-0.4, -0.2) is 37.1 Å². The zero-order chi connectivity index (χ0) is 12.4. The molecule has 0 spiro atoms. The van der Waals surface area contributed by atoms with Crippen molar-refractivity contribution in [2.45, 2.75) is 12.5 Å². The lowest BCUT2D eigenvalue weighted by atomic mass is 10.2. The first-order chi connectivity index (χ1) is 8.13. The fourth-order valence-electron chi connectivity index (χ4n) is 1.99. The molecule has 1 amide bonds. The molecule has 1 saturated heterocycles. The molecule has 0 bridgehead atoms. The summed E-state index contributed by atoms with van der Waals surface area (Å²) in [6, 6.07) is 5.34. The first-order valence-electron chi connectivity index (χ1n) is 5.49. The second-order valence-corrected chi connectivity index (χ2v) is 4.90. The van der Waals surface area contributed by atoms with E-state index in [1.807, 2.05) is 0 Å². The van der Waals surface area contributed by atoms with E-state index >= 15 is 0 Å². The molecule has 1 aliphatic rings. The van der Waals surface area contributed by atoms with Gasteiger partial charge in [0, 0.05) is 25.9 Å². The lowest BCUT2D eigenvalue weighted by Gasteiger charge is -2.17. The molecule has 1 aromatic carbocycles. The maximum atomic E-state index is 12.3. The Bertz CT molecular complexity index is 437. The molecule has 1 aromatic rings. The van der Waals surface area contributed by atoms with Crippen molar-refractivity contribution in [1.29, 1.82) is 0 Å². The van der Waals surface area contributed by atoms with Gasteiger partial charge in [-0.15, -0.1) is 0 Å². The minimum absolute atomic E-state index is 0.00345. The van der Waals surface area contributed by atoms with Gasteiger partial charge in [-0.3, -0.25) is 4.79 Å². The van der Waals surface area contributed by atoms with E-state index in [0.717, 1.165) is 13.0 Å². The monoisotopic (exact) mass is 298 g/mol. The van der Waals surface area contributed by atoms with Crippen molar-refractivity contribution < 1.29 is 9.53 Å². The molecule has 1 unspecified atom stereocenters. The van der Waals surface area contributed by atoms with Gasteiger partial charge in [0.2, 0.25) is 0 Å². The van der Waals surface area contributed by atoms with Gasteiger partial charge in [0.1, 0.15) is 0 Å². The van der Waals surface area contributed by atoms with E-state index in [4.69, 9.17) is 10.5 Å². The second-order valence-electron chi connectivity index (χ2n) is 4.11. The number of halogens is 1. The Balaban J connectivity index is 2.18. The van der Waals surface area contributed by atoms with E-state index in [-0.39, 0.29) is 12.0 Å². The summed E-state index contributed by atoms with van der Waals surface area (Å²) in [5.74, 6) is 0.00345. The van der Waals surface area contributed by atoms with Crippen molar-refractivity contribution in [3.05, 3.63) is 28.2 Å². The maximum Gasteiger partial charge on any atom is 0.255 e. The van der Waals surface area contributed by atoms with E-state index in [1.54, 1.807) is 30.2 Å². The summed E-state index contributed by atoms with van der Waals surface area (Å²) < 4.78 is 5.92. The lowest BCUT2D eigenvalue weighted by Crippen LogP contribution is -2.30. The quantitative estimate of drug-likeness (QED) is 0.849. The van der Waals surface area contributed by atoms with Crippen LogP contribution in [0.1, 0.15) is 16.8 Å². The van der Waals surface area contributed by atoms with Gasteiger partial charge in [0.25, 0.3) is 5.91 Å². The number of likely N-dealkylation sites (tertiary alicyclic amines) is 1. The van der Waals surface area contributed by atoms with Gasteiger partial charge in [-0.1, -0.05) is 6.07 Å². The van der Waals surface area contributed by atoms with Crippen LogP contribution in [0.3, 0.4) is 0 Å². The number of anilines is 1. The Morgan fingerprint density at radius 2 is 2.35 bits per heavy atom. The summed E-state index contributed by atoms with van der Waals surface area (Å²) in [7, 11) is 1.68. The normalized spacial score (nSPS) is 19.6. The summed E-state index contributed by atoms with van der Waals surface area (Å²) in [6.07, 6.45) is 1.04. The number of ether oxygens (including phenoxy) is 1. The summed E-state index contributed by atoms with van der Waals surface area (Å²) in [5.41, 5.74) is 6.96. The average Bonchev–Trinajstić information content (AvgIpc) is 2.80. The van der Waals surface area contributed by atoms with Crippen LogP contribution in [0.15, 0.2) is 22.7 Å². The van der Waals surface area contributed by atoms with Crippen LogP contribution in [0.5, 0.6) is 0 Å². The lowest BCUT2D eigenvalue weighted by molar-refractivity contribution is 0.0723. The number of nitrogens with two attached hydrogens (primary N) is 1. The Morgan fingerprint density at radius 1 is 1.59 bits per heavy atom. The van der Waals surface area contributed by atoms with Crippen LogP contribution in [0, 0.1) is 0 Å².